The van der Waals surface area contributed by atoms with Gasteiger partial charge in [0.1, 0.15) is 0 Å². The average molecular weight is 277 g/mol. The van der Waals surface area contributed by atoms with E-state index in [1.807, 2.05) is 0 Å². The van der Waals surface area contributed by atoms with E-state index >= 15 is 0 Å². The molecule has 106 valence electrons. The lowest BCUT2D eigenvalue weighted by Crippen LogP contribution is -2.48. The molecule has 1 heterocycles. The third kappa shape index (κ3) is 2.73. The van der Waals surface area contributed by atoms with Crippen LogP contribution in [0.3, 0.4) is 0 Å². The third-order valence-electron chi connectivity index (χ3n) is 3.02. The highest BCUT2D eigenvalue weighted by Gasteiger charge is 2.58. The number of aliphatic hydroxyl groups is 1. The standard InChI is InChI=1S/C11H14F3N3O2/c1-17-5-4-15-9(17)10(19,11(12,13)14)6-8(18)16-7-2-3-7/h4-5,7,19H,2-3,6H2,1H3,(H,16,18)/t10-/m1/s1. The van der Waals surface area contributed by atoms with E-state index in [2.05, 4.69) is 10.3 Å². The molecule has 0 radical (unpaired) electrons. The summed E-state index contributed by atoms with van der Waals surface area (Å²) in [5.41, 5.74) is -3.27. The highest BCUT2D eigenvalue weighted by molar-refractivity contribution is 5.78. The predicted octanol–water partition coefficient (Wildman–Crippen LogP) is 0.839. The van der Waals surface area contributed by atoms with Crippen LogP contribution in [0, 0.1) is 0 Å². The third-order valence-corrected chi connectivity index (χ3v) is 3.02. The molecule has 0 unspecified atom stereocenters. The van der Waals surface area contributed by atoms with Crippen molar-refractivity contribution in [3.63, 3.8) is 0 Å². The van der Waals surface area contributed by atoms with Crippen molar-refractivity contribution < 1.29 is 23.1 Å². The number of carbonyl (C=O) groups excluding carboxylic acids is 1. The van der Waals surface area contributed by atoms with Crippen molar-refractivity contribution in [3.05, 3.63) is 18.2 Å². The SMILES string of the molecule is Cn1ccnc1[C@](O)(CC(=O)NC1CC1)C(F)(F)F. The lowest BCUT2D eigenvalue weighted by Gasteiger charge is -2.29. The Kier molecular flexibility index (Phi) is 3.29. The summed E-state index contributed by atoms with van der Waals surface area (Å²) in [4.78, 5) is 15.1. The van der Waals surface area contributed by atoms with E-state index in [1.165, 1.54) is 13.2 Å². The second-order valence-corrected chi connectivity index (χ2v) is 4.74. The molecular weight excluding hydrogens is 263 g/mol. The van der Waals surface area contributed by atoms with Gasteiger partial charge in [0.2, 0.25) is 11.5 Å². The number of aryl methyl sites for hydroxylation is 1. The Balaban J connectivity index is 2.24. The fraction of sp³-hybridized carbons (Fsp3) is 0.636. The zero-order valence-corrected chi connectivity index (χ0v) is 10.2. The fourth-order valence-electron chi connectivity index (χ4n) is 1.81. The van der Waals surface area contributed by atoms with E-state index < -0.39 is 29.9 Å². The summed E-state index contributed by atoms with van der Waals surface area (Å²) < 4.78 is 40.3. The molecule has 0 spiro atoms. The van der Waals surface area contributed by atoms with Crippen LogP contribution >= 0.6 is 0 Å². The summed E-state index contributed by atoms with van der Waals surface area (Å²) in [5.74, 6) is -1.42. The second kappa shape index (κ2) is 4.52. The number of nitrogens with zero attached hydrogens (tertiary/aromatic N) is 2. The normalized spacial score (nSPS) is 19.0. The summed E-state index contributed by atoms with van der Waals surface area (Å²) in [6.07, 6.45) is -2.11. The zero-order chi connectivity index (χ0) is 14.3. The quantitative estimate of drug-likeness (QED) is 0.857. The number of halogens is 3. The van der Waals surface area contributed by atoms with Gasteiger partial charge in [0.15, 0.2) is 5.82 Å². The van der Waals surface area contributed by atoms with Crippen molar-refractivity contribution in [1.29, 1.82) is 0 Å². The second-order valence-electron chi connectivity index (χ2n) is 4.74. The van der Waals surface area contributed by atoms with Crippen LogP contribution in [-0.4, -0.2) is 32.8 Å². The van der Waals surface area contributed by atoms with Gasteiger partial charge in [-0.1, -0.05) is 0 Å². The minimum atomic E-state index is -4.98. The Morgan fingerprint density at radius 2 is 2.21 bits per heavy atom. The number of hydrogen-bond donors (Lipinski definition) is 2. The maximum atomic E-state index is 13.1. The zero-order valence-electron chi connectivity index (χ0n) is 10.2. The molecule has 0 saturated heterocycles. The lowest BCUT2D eigenvalue weighted by atomic mass is 9.97. The van der Waals surface area contributed by atoms with Crippen molar-refractivity contribution in [2.24, 2.45) is 7.05 Å². The van der Waals surface area contributed by atoms with Gasteiger partial charge in [-0.05, 0) is 12.8 Å². The molecule has 1 amide bonds. The number of carbonyl (C=O) groups is 1. The Morgan fingerprint density at radius 1 is 1.58 bits per heavy atom. The maximum Gasteiger partial charge on any atom is 0.425 e. The van der Waals surface area contributed by atoms with Gasteiger partial charge in [0.05, 0.1) is 6.42 Å². The summed E-state index contributed by atoms with van der Waals surface area (Å²) >= 11 is 0. The first kappa shape index (κ1) is 13.9. The van der Waals surface area contributed by atoms with E-state index in [9.17, 15) is 23.1 Å². The number of nitrogens with one attached hydrogen (secondary N) is 1. The van der Waals surface area contributed by atoms with Crippen molar-refractivity contribution in [2.75, 3.05) is 0 Å². The molecule has 8 heteroatoms. The molecule has 1 aromatic heterocycles. The van der Waals surface area contributed by atoms with Crippen LogP contribution in [-0.2, 0) is 17.4 Å². The van der Waals surface area contributed by atoms with Gasteiger partial charge < -0.3 is 15.0 Å². The van der Waals surface area contributed by atoms with Gasteiger partial charge >= 0.3 is 6.18 Å². The van der Waals surface area contributed by atoms with E-state index in [-0.39, 0.29) is 6.04 Å². The minimum absolute atomic E-state index is 0.0636. The molecule has 5 nitrogen and oxygen atoms in total. The summed E-state index contributed by atoms with van der Waals surface area (Å²) in [6, 6.07) is -0.0636. The number of rotatable bonds is 4. The molecule has 1 saturated carbocycles. The molecule has 19 heavy (non-hydrogen) atoms. The first-order valence-electron chi connectivity index (χ1n) is 5.80. The molecule has 1 atom stereocenters. The number of hydrogen-bond acceptors (Lipinski definition) is 3. The van der Waals surface area contributed by atoms with Crippen molar-refractivity contribution in [1.82, 2.24) is 14.9 Å². The summed E-state index contributed by atoms with van der Waals surface area (Å²) in [7, 11) is 1.33. The molecule has 0 aliphatic heterocycles. The molecule has 1 aliphatic carbocycles. The summed E-state index contributed by atoms with van der Waals surface area (Å²) in [6.45, 7) is 0. The van der Waals surface area contributed by atoms with Gasteiger partial charge in [-0.15, -0.1) is 0 Å². The highest BCUT2D eigenvalue weighted by Crippen LogP contribution is 2.40. The first-order valence-corrected chi connectivity index (χ1v) is 5.80. The smallest absolute Gasteiger partial charge is 0.374 e. The van der Waals surface area contributed by atoms with E-state index in [1.54, 1.807) is 0 Å². The fourth-order valence-corrected chi connectivity index (χ4v) is 1.81. The largest absolute Gasteiger partial charge is 0.425 e. The average Bonchev–Trinajstić information content (AvgIpc) is 2.95. The van der Waals surface area contributed by atoms with Crippen molar-refractivity contribution in [3.8, 4) is 0 Å². The highest BCUT2D eigenvalue weighted by atomic mass is 19.4. The monoisotopic (exact) mass is 277 g/mol. The van der Waals surface area contributed by atoms with Gasteiger partial charge in [0, 0.05) is 25.5 Å². The molecule has 1 aliphatic rings. The van der Waals surface area contributed by atoms with Crippen LogP contribution in [0.4, 0.5) is 13.2 Å². The van der Waals surface area contributed by atoms with Crippen molar-refractivity contribution >= 4 is 5.91 Å². The number of aromatic nitrogens is 2. The van der Waals surface area contributed by atoms with E-state index in [0.717, 1.165) is 23.6 Å². The van der Waals surface area contributed by atoms with Crippen LogP contribution in [0.5, 0.6) is 0 Å². The maximum absolute atomic E-state index is 13.1. The first-order chi connectivity index (χ1) is 8.74. The molecular formula is C11H14F3N3O2. The predicted molar refractivity (Wildman–Crippen MR) is 58.9 cm³/mol. The number of alkyl halides is 3. The van der Waals surface area contributed by atoms with E-state index in [4.69, 9.17) is 0 Å². The molecule has 2 rings (SSSR count). The lowest BCUT2D eigenvalue weighted by molar-refractivity contribution is -0.271. The van der Waals surface area contributed by atoms with Crippen molar-refractivity contribution in [2.45, 2.75) is 37.1 Å². The Morgan fingerprint density at radius 3 is 2.63 bits per heavy atom. The Hall–Kier alpha value is -1.57. The van der Waals surface area contributed by atoms with Crippen LogP contribution in [0.2, 0.25) is 0 Å². The molecule has 0 aromatic carbocycles. The van der Waals surface area contributed by atoms with Crippen LogP contribution in [0.25, 0.3) is 0 Å². The van der Waals surface area contributed by atoms with Gasteiger partial charge in [-0.25, -0.2) is 4.98 Å². The van der Waals surface area contributed by atoms with E-state index in [0.29, 0.717) is 0 Å². The number of amides is 1. The van der Waals surface area contributed by atoms with Crippen LogP contribution < -0.4 is 5.32 Å². The molecule has 1 aromatic rings. The molecule has 0 bridgehead atoms. The Bertz CT molecular complexity index is 482. The summed E-state index contributed by atoms with van der Waals surface area (Å²) in [5, 5.41) is 12.4. The van der Waals surface area contributed by atoms with Gasteiger partial charge in [0.25, 0.3) is 0 Å². The molecule has 1 fully saturated rings. The molecule has 2 N–H and O–H groups in total. The minimum Gasteiger partial charge on any atom is -0.374 e. The topological polar surface area (TPSA) is 67.1 Å². The van der Waals surface area contributed by atoms with Crippen LogP contribution in [0.1, 0.15) is 25.1 Å². The Labute approximate surface area is 107 Å². The van der Waals surface area contributed by atoms with Crippen LogP contribution in [0.15, 0.2) is 12.4 Å². The van der Waals surface area contributed by atoms with Gasteiger partial charge in [-0.2, -0.15) is 13.2 Å². The van der Waals surface area contributed by atoms with Gasteiger partial charge in [-0.3, -0.25) is 4.79 Å². The number of imidazole rings is 1.